The van der Waals surface area contributed by atoms with Gasteiger partial charge in [0, 0.05) is 19.6 Å². The van der Waals surface area contributed by atoms with Crippen molar-refractivity contribution >= 4 is 0 Å². The van der Waals surface area contributed by atoms with Gasteiger partial charge in [0.1, 0.15) is 0 Å². The van der Waals surface area contributed by atoms with Gasteiger partial charge in [0.2, 0.25) is 0 Å². The van der Waals surface area contributed by atoms with E-state index in [1.54, 1.807) is 6.08 Å². The second kappa shape index (κ2) is 7.31. The lowest BCUT2D eigenvalue weighted by Gasteiger charge is -2.32. The molecule has 1 atom stereocenters. The van der Waals surface area contributed by atoms with Crippen LogP contribution in [0.3, 0.4) is 0 Å². The van der Waals surface area contributed by atoms with Crippen LogP contribution in [0.25, 0.3) is 0 Å². The molecule has 1 aliphatic heterocycles. The first kappa shape index (κ1) is 13.3. The topological polar surface area (TPSA) is 21.7 Å². The molecule has 1 aromatic carbocycles. The van der Waals surface area contributed by atoms with Gasteiger partial charge in [-0.3, -0.25) is 4.90 Å². The fraction of sp³-hybridized carbons (Fsp3) is 0.467. The fourth-order valence-corrected chi connectivity index (χ4v) is 2.15. The molecular weight excluding hydrogens is 226 g/mol. The highest BCUT2D eigenvalue weighted by Gasteiger charge is 2.20. The van der Waals surface area contributed by atoms with Crippen LogP contribution in [0.2, 0.25) is 0 Å². The molecule has 0 N–H and O–H groups in total. The average molecular weight is 247 g/mol. The molecule has 3 heteroatoms. The summed E-state index contributed by atoms with van der Waals surface area (Å²) < 4.78 is 11.1. The van der Waals surface area contributed by atoms with Crippen molar-refractivity contribution in [2.24, 2.45) is 0 Å². The summed E-state index contributed by atoms with van der Waals surface area (Å²) in [5.74, 6) is 0. The van der Waals surface area contributed by atoms with E-state index in [0.29, 0.717) is 13.2 Å². The van der Waals surface area contributed by atoms with Gasteiger partial charge in [-0.05, 0) is 5.56 Å². The van der Waals surface area contributed by atoms with Crippen LogP contribution < -0.4 is 0 Å². The Bertz CT molecular complexity index is 353. The van der Waals surface area contributed by atoms with Gasteiger partial charge in [-0.25, -0.2) is 0 Å². The zero-order chi connectivity index (χ0) is 12.6. The van der Waals surface area contributed by atoms with Gasteiger partial charge in [-0.1, -0.05) is 36.4 Å². The van der Waals surface area contributed by atoms with Gasteiger partial charge in [0.25, 0.3) is 0 Å². The standard InChI is InChI=1S/C15H21NO2/c1-2-9-17-13-15-12-16(8-10-18-15)11-14-6-4-3-5-7-14/h2-7,15H,1,8-13H2. The minimum atomic E-state index is 0.183. The molecule has 0 aliphatic carbocycles. The molecule has 18 heavy (non-hydrogen) atoms. The molecular formula is C15H21NO2. The molecule has 0 bridgehead atoms. The Kier molecular flexibility index (Phi) is 5.39. The molecule has 1 saturated heterocycles. The summed E-state index contributed by atoms with van der Waals surface area (Å²) in [5, 5.41) is 0. The van der Waals surface area contributed by atoms with E-state index in [1.165, 1.54) is 5.56 Å². The maximum Gasteiger partial charge on any atom is 0.0935 e. The molecule has 0 saturated carbocycles. The second-order valence-electron chi connectivity index (χ2n) is 4.54. The van der Waals surface area contributed by atoms with E-state index in [9.17, 15) is 0 Å². The first-order valence-electron chi connectivity index (χ1n) is 6.45. The van der Waals surface area contributed by atoms with Crippen molar-refractivity contribution in [2.75, 3.05) is 32.9 Å². The normalized spacial score (nSPS) is 20.8. The van der Waals surface area contributed by atoms with Crippen molar-refractivity contribution in [1.82, 2.24) is 4.90 Å². The van der Waals surface area contributed by atoms with Crippen LogP contribution in [-0.4, -0.2) is 43.9 Å². The van der Waals surface area contributed by atoms with Crippen LogP contribution >= 0.6 is 0 Å². The lowest BCUT2D eigenvalue weighted by molar-refractivity contribution is -0.0675. The van der Waals surface area contributed by atoms with E-state index >= 15 is 0 Å². The maximum absolute atomic E-state index is 5.69. The molecule has 98 valence electrons. The van der Waals surface area contributed by atoms with E-state index in [0.717, 1.165) is 26.2 Å². The Balaban J connectivity index is 1.78. The summed E-state index contributed by atoms with van der Waals surface area (Å²) in [7, 11) is 0. The smallest absolute Gasteiger partial charge is 0.0935 e. The Morgan fingerprint density at radius 1 is 1.39 bits per heavy atom. The average Bonchev–Trinajstić information content (AvgIpc) is 2.41. The van der Waals surface area contributed by atoms with Crippen molar-refractivity contribution in [3.63, 3.8) is 0 Å². The molecule has 1 aromatic rings. The molecule has 1 aliphatic rings. The minimum Gasteiger partial charge on any atom is -0.375 e. The maximum atomic E-state index is 5.69. The minimum absolute atomic E-state index is 0.183. The lowest BCUT2D eigenvalue weighted by Crippen LogP contribution is -2.43. The molecule has 1 unspecified atom stereocenters. The van der Waals surface area contributed by atoms with Crippen molar-refractivity contribution in [2.45, 2.75) is 12.6 Å². The van der Waals surface area contributed by atoms with Crippen LogP contribution in [-0.2, 0) is 16.0 Å². The van der Waals surface area contributed by atoms with Crippen LogP contribution in [0.5, 0.6) is 0 Å². The van der Waals surface area contributed by atoms with E-state index in [1.807, 2.05) is 0 Å². The van der Waals surface area contributed by atoms with E-state index in [4.69, 9.17) is 9.47 Å². The number of hydrogen-bond acceptors (Lipinski definition) is 3. The van der Waals surface area contributed by atoms with Crippen molar-refractivity contribution in [3.8, 4) is 0 Å². The Morgan fingerprint density at radius 3 is 3.00 bits per heavy atom. The van der Waals surface area contributed by atoms with Crippen LogP contribution in [0.4, 0.5) is 0 Å². The molecule has 0 amide bonds. The largest absolute Gasteiger partial charge is 0.375 e. The van der Waals surface area contributed by atoms with E-state index in [-0.39, 0.29) is 6.10 Å². The Hall–Kier alpha value is -1.16. The Morgan fingerprint density at radius 2 is 2.22 bits per heavy atom. The molecule has 3 nitrogen and oxygen atoms in total. The van der Waals surface area contributed by atoms with Crippen LogP contribution in [0.1, 0.15) is 5.56 Å². The van der Waals surface area contributed by atoms with Gasteiger partial charge < -0.3 is 9.47 Å². The summed E-state index contributed by atoms with van der Waals surface area (Å²) in [5.41, 5.74) is 1.35. The highest BCUT2D eigenvalue weighted by molar-refractivity contribution is 5.14. The number of ether oxygens (including phenoxy) is 2. The third kappa shape index (κ3) is 4.26. The number of nitrogens with zero attached hydrogens (tertiary/aromatic N) is 1. The molecule has 0 radical (unpaired) electrons. The number of benzene rings is 1. The fourth-order valence-electron chi connectivity index (χ4n) is 2.15. The zero-order valence-corrected chi connectivity index (χ0v) is 10.8. The predicted molar refractivity (Wildman–Crippen MR) is 72.5 cm³/mol. The third-order valence-corrected chi connectivity index (χ3v) is 3.01. The van der Waals surface area contributed by atoms with Crippen LogP contribution in [0, 0.1) is 0 Å². The van der Waals surface area contributed by atoms with Gasteiger partial charge in [-0.2, -0.15) is 0 Å². The summed E-state index contributed by atoms with van der Waals surface area (Å²) in [6.45, 7) is 8.59. The lowest BCUT2D eigenvalue weighted by atomic mass is 10.2. The van der Waals surface area contributed by atoms with Gasteiger partial charge >= 0.3 is 0 Å². The first-order valence-corrected chi connectivity index (χ1v) is 6.45. The van der Waals surface area contributed by atoms with Gasteiger partial charge in [-0.15, -0.1) is 6.58 Å². The van der Waals surface area contributed by atoms with Crippen molar-refractivity contribution < 1.29 is 9.47 Å². The molecule has 0 aromatic heterocycles. The second-order valence-corrected chi connectivity index (χ2v) is 4.54. The summed E-state index contributed by atoms with van der Waals surface area (Å²) in [4.78, 5) is 2.42. The SMILES string of the molecule is C=CCOCC1CN(Cc2ccccc2)CCO1. The van der Waals surface area contributed by atoms with Gasteiger partial charge in [0.05, 0.1) is 25.9 Å². The van der Waals surface area contributed by atoms with Crippen molar-refractivity contribution in [1.29, 1.82) is 0 Å². The van der Waals surface area contributed by atoms with Crippen LogP contribution in [0.15, 0.2) is 43.0 Å². The van der Waals surface area contributed by atoms with E-state index < -0.39 is 0 Å². The summed E-state index contributed by atoms with van der Waals surface area (Å²) in [6.07, 6.45) is 1.95. The number of rotatable bonds is 6. The molecule has 2 rings (SSSR count). The highest BCUT2D eigenvalue weighted by Crippen LogP contribution is 2.10. The first-order chi connectivity index (χ1) is 8.88. The number of morpholine rings is 1. The van der Waals surface area contributed by atoms with Gasteiger partial charge in [0.15, 0.2) is 0 Å². The molecule has 0 spiro atoms. The quantitative estimate of drug-likeness (QED) is 0.567. The predicted octanol–water partition coefficient (Wildman–Crippen LogP) is 2.09. The molecule has 1 fully saturated rings. The van der Waals surface area contributed by atoms with Crippen molar-refractivity contribution in [3.05, 3.63) is 48.6 Å². The highest BCUT2D eigenvalue weighted by atomic mass is 16.5. The summed E-state index contributed by atoms with van der Waals surface area (Å²) >= 11 is 0. The third-order valence-electron chi connectivity index (χ3n) is 3.01. The zero-order valence-electron chi connectivity index (χ0n) is 10.8. The summed E-state index contributed by atoms with van der Waals surface area (Å²) in [6, 6.07) is 10.5. The molecule has 1 heterocycles. The van der Waals surface area contributed by atoms with E-state index in [2.05, 4.69) is 41.8 Å². The monoisotopic (exact) mass is 247 g/mol. The number of hydrogen-bond donors (Lipinski definition) is 0. The Labute approximate surface area is 109 Å².